The summed E-state index contributed by atoms with van der Waals surface area (Å²) in [7, 11) is 1.63. The first-order chi connectivity index (χ1) is 18.2. The number of hydrogen-bond donors (Lipinski definition) is 1. The van der Waals surface area contributed by atoms with Crippen LogP contribution in [-0.2, 0) is 4.79 Å². The summed E-state index contributed by atoms with van der Waals surface area (Å²) < 4.78 is 7.13. The molecule has 0 saturated heterocycles. The van der Waals surface area contributed by atoms with Gasteiger partial charge in [-0.05, 0) is 67.8 Å². The van der Waals surface area contributed by atoms with Crippen LogP contribution in [0.2, 0.25) is 0 Å². The normalized spacial score (nSPS) is 10.9. The average molecular weight is 511 g/mol. The molecule has 7 heteroatoms. The fourth-order valence-corrected chi connectivity index (χ4v) is 4.25. The predicted molar refractivity (Wildman–Crippen MR) is 151 cm³/mol. The number of imidazole rings is 1. The first-order valence-corrected chi connectivity index (χ1v) is 12.7. The largest absolute Gasteiger partial charge is 0.497 e. The first-order valence-electron chi connectivity index (χ1n) is 12.7. The molecule has 0 aliphatic heterocycles. The Balaban J connectivity index is 1.63. The minimum atomic E-state index is -0.312. The first kappa shape index (κ1) is 26.7. The van der Waals surface area contributed by atoms with Crippen LogP contribution in [0.1, 0.15) is 35.3 Å². The lowest BCUT2D eigenvalue weighted by Gasteiger charge is -2.25. The monoisotopic (exact) mass is 510 g/mol. The lowest BCUT2D eigenvalue weighted by Crippen LogP contribution is -2.40. The zero-order valence-electron chi connectivity index (χ0n) is 22.6. The summed E-state index contributed by atoms with van der Waals surface area (Å²) in [4.78, 5) is 33.0. The highest BCUT2D eigenvalue weighted by molar-refractivity contribution is 6.00. The third-order valence-corrected chi connectivity index (χ3v) is 6.24. The van der Waals surface area contributed by atoms with Crippen LogP contribution in [0.5, 0.6) is 5.75 Å². The Morgan fingerprint density at radius 1 is 0.974 bits per heavy atom. The minimum absolute atomic E-state index is 0.0794. The van der Waals surface area contributed by atoms with Gasteiger partial charge in [-0.25, -0.2) is 4.98 Å². The summed E-state index contributed by atoms with van der Waals surface area (Å²) in [6.45, 7) is 8.37. The minimum Gasteiger partial charge on any atom is -0.497 e. The number of anilines is 1. The van der Waals surface area contributed by atoms with Crippen molar-refractivity contribution in [3.05, 3.63) is 95.7 Å². The Morgan fingerprint density at radius 2 is 1.66 bits per heavy atom. The standard InChI is InChI=1S/C31H34N4O3/c1-21(2)18-34(30(37)27-9-7-6-8-23(27)4)20-29(36)33-31-32-28(24-12-16-26(38-5)17-13-24)19-35(31)25-14-10-22(3)11-15-25/h6-17,19,21H,18,20H2,1-5H3,(H,32,33,36). The van der Waals surface area contributed by atoms with Crippen molar-refractivity contribution in [1.82, 2.24) is 14.5 Å². The van der Waals surface area contributed by atoms with Crippen LogP contribution < -0.4 is 10.1 Å². The van der Waals surface area contributed by atoms with Crippen molar-refractivity contribution >= 4 is 17.8 Å². The Bertz CT molecular complexity index is 1410. The molecule has 4 rings (SSSR count). The van der Waals surface area contributed by atoms with Gasteiger partial charge in [0.2, 0.25) is 11.9 Å². The maximum absolute atomic E-state index is 13.4. The fourth-order valence-electron chi connectivity index (χ4n) is 4.25. The summed E-state index contributed by atoms with van der Waals surface area (Å²) >= 11 is 0. The molecule has 0 fully saturated rings. The molecule has 0 atom stereocenters. The van der Waals surface area contributed by atoms with E-state index in [1.54, 1.807) is 18.1 Å². The van der Waals surface area contributed by atoms with Gasteiger partial charge in [0.25, 0.3) is 5.91 Å². The van der Waals surface area contributed by atoms with Crippen molar-refractivity contribution in [3.8, 4) is 22.7 Å². The fraction of sp³-hybridized carbons (Fsp3) is 0.258. The van der Waals surface area contributed by atoms with Crippen LogP contribution in [0.15, 0.2) is 79.0 Å². The number of aromatic nitrogens is 2. The van der Waals surface area contributed by atoms with E-state index in [1.807, 2.05) is 105 Å². The molecular formula is C31H34N4O3. The average Bonchev–Trinajstić information content (AvgIpc) is 3.32. The Kier molecular flexibility index (Phi) is 8.26. The highest BCUT2D eigenvalue weighted by Crippen LogP contribution is 2.26. The smallest absolute Gasteiger partial charge is 0.254 e. The van der Waals surface area contributed by atoms with Crippen molar-refractivity contribution in [1.29, 1.82) is 0 Å². The molecule has 196 valence electrons. The van der Waals surface area contributed by atoms with E-state index >= 15 is 0 Å². The van der Waals surface area contributed by atoms with Crippen LogP contribution in [0.25, 0.3) is 16.9 Å². The second-order valence-corrected chi connectivity index (χ2v) is 9.83. The van der Waals surface area contributed by atoms with E-state index in [4.69, 9.17) is 9.72 Å². The van der Waals surface area contributed by atoms with Crippen LogP contribution in [0.4, 0.5) is 5.95 Å². The number of nitrogens with zero attached hydrogens (tertiary/aromatic N) is 3. The molecule has 0 unspecified atom stereocenters. The van der Waals surface area contributed by atoms with E-state index in [1.165, 1.54) is 0 Å². The lowest BCUT2D eigenvalue weighted by molar-refractivity contribution is -0.117. The molecule has 1 N–H and O–H groups in total. The molecule has 38 heavy (non-hydrogen) atoms. The number of amides is 2. The molecule has 0 radical (unpaired) electrons. The Labute approximate surface area is 224 Å². The Hall–Kier alpha value is -4.39. The number of aryl methyl sites for hydroxylation is 2. The molecule has 1 aromatic heterocycles. The van der Waals surface area contributed by atoms with Gasteiger partial charge in [-0.15, -0.1) is 0 Å². The molecule has 0 spiro atoms. The number of carbonyl (C=O) groups is 2. The van der Waals surface area contributed by atoms with Gasteiger partial charge in [-0.3, -0.25) is 19.5 Å². The van der Waals surface area contributed by atoms with Crippen LogP contribution in [0.3, 0.4) is 0 Å². The van der Waals surface area contributed by atoms with Gasteiger partial charge >= 0.3 is 0 Å². The zero-order valence-corrected chi connectivity index (χ0v) is 22.6. The maximum Gasteiger partial charge on any atom is 0.254 e. The SMILES string of the molecule is COc1ccc(-c2cn(-c3ccc(C)cc3)c(NC(=O)CN(CC(C)C)C(=O)c3ccccc3C)n2)cc1. The molecule has 1 heterocycles. The van der Waals surface area contributed by atoms with Crippen LogP contribution in [0, 0.1) is 19.8 Å². The summed E-state index contributed by atoms with van der Waals surface area (Å²) in [6.07, 6.45) is 1.90. The van der Waals surface area contributed by atoms with E-state index in [0.717, 1.165) is 28.1 Å². The summed E-state index contributed by atoms with van der Waals surface area (Å²) in [5.41, 5.74) is 5.08. The molecule has 0 aliphatic rings. The van der Waals surface area contributed by atoms with Gasteiger partial charge in [0.05, 0.1) is 12.8 Å². The number of hydrogen-bond acceptors (Lipinski definition) is 4. The zero-order chi connectivity index (χ0) is 27.2. The van der Waals surface area contributed by atoms with E-state index < -0.39 is 0 Å². The lowest BCUT2D eigenvalue weighted by atomic mass is 10.1. The van der Waals surface area contributed by atoms with Gasteiger partial charge in [-0.2, -0.15) is 0 Å². The highest BCUT2D eigenvalue weighted by Gasteiger charge is 2.22. The molecule has 3 aromatic carbocycles. The van der Waals surface area contributed by atoms with E-state index in [0.29, 0.717) is 23.8 Å². The van der Waals surface area contributed by atoms with Crippen LogP contribution >= 0.6 is 0 Å². The van der Waals surface area contributed by atoms with Gasteiger partial charge in [0, 0.05) is 29.6 Å². The van der Waals surface area contributed by atoms with Crippen molar-refractivity contribution in [2.45, 2.75) is 27.7 Å². The summed E-state index contributed by atoms with van der Waals surface area (Å²) in [5.74, 6) is 0.869. The maximum atomic E-state index is 13.4. The number of nitrogens with one attached hydrogen (secondary N) is 1. The van der Waals surface area contributed by atoms with Gasteiger partial charge in [0.1, 0.15) is 12.3 Å². The van der Waals surface area contributed by atoms with Crippen molar-refractivity contribution < 1.29 is 14.3 Å². The van der Waals surface area contributed by atoms with Gasteiger partial charge in [-0.1, -0.05) is 49.7 Å². The number of benzene rings is 3. The van der Waals surface area contributed by atoms with Crippen molar-refractivity contribution in [2.75, 3.05) is 25.5 Å². The molecule has 2 amide bonds. The van der Waals surface area contributed by atoms with Crippen molar-refractivity contribution in [3.63, 3.8) is 0 Å². The van der Waals surface area contributed by atoms with E-state index in [-0.39, 0.29) is 24.3 Å². The van der Waals surface area contributed by atoms with Crippen molar-refractivity contribution in [2.24, 2.45) is 5.92 Å². The van der Waals surface area contributed by atoms with Crippen LogP contribution in [-0.4, -0.2) is 46.5 Å². The topological polar surface area (TPSA) is 76.5 Å². The Morgan fingerprint density at radius 3 is 2.29 bits per heavy atom. The summed E-state index contributed by atoms with van der Waals surface area (Å²) in [6, 6.07) is 23.0. The third-order valence-electron chi connectivity index (χ3n) is 6.24. The summed E-state index contributed by atoms with van der Waals surface area (Å²) in [5, 5.41) is 2.96. The molecule has 0 saturated carbocycles. The number of ether oxygens (including phenoxy) is 1. The predicted octanol–water partition coefficient (Wildman–Crippen LogP) is 5.90. The van der Waals surface area contributed by atoms with Gasteiger partial charge in [0.15, 0.2) is 0 Å². The van der Waals surface area contributed by atoms with E-state index in [2.05, 4.69) is 5.32 Å². The second kappa shape index (κ2) is 11.8. The highest BCUT2D eigenvalue weighted by atomic mass is 16.5. The number of methoxy groups -OCH3 is 1. The molecule has 0 bridgehead atoms. The van der Waals surface area contributed by atoms with Gasteiger partial charge < -0.3 is 9.64 Å². The molecule has 4 aromatic rings. The number of rotatable bonds is 9. The second-order valence-electron chi connectivity index (χ2n) is 9.83. The molecular weight excluding hydrogens is 476 g/mol. The number of carbonyl (C=O) groups excluding carboxylic acids is 2. The quantitative estimate of drug-likeness (QED) is 0.304. The molecule has 7 nitrogen and oxygen atoms in total. The third kappa shape index (κ3) is 6.29. The molecule has 0 aliphatic carbocycles. The van der Waals surface area contributed by atoms with E-state index in [9.17, 15) is 9.59 Å².